The molecule has 0 saturated heterocycles. The van der Waals surface area contributed by atoms with Gasteiger partial charge in [-0.2, -0.15) is 0 Å². The highest BCUT2D eigenvalue weighted by Crippen LogP contribution is 2.46. The number of aromatic nitrogens is 3. The minimum atomic E-state index is -0.588. The number of nitrogens with one attached hydrogen (secondary N) is 1. The third-order valence-corrected chi connectivity index (χ3v) is 7.71. The topological polar surface area (TPSA) is 78.0 Å². The molecule has 0 unspecified atom stereocenters. The third kappa shape index (κ3) is 3.43. The van der Waals surface area contributed by atoms with Crippen LogP contribution in [0.25, 0.3) is 39.6 Å². The minimum Gasteiger partial charge on any atom is -0.497 e. The van der Waals surface area contributed by atoms with Crippen LogP contribution in [0.1, 0.15) is 24.8 Å². The average Bonchev–Trinajstić information content (AvgIpc) is 3.26. The van der Waals surface area contributed by atoms with Crippen molar-refractivity contribution in [3.05, 3.63) is 96.4 Å². The van der Waals surface area contributed by atoms with E-state index in [0.29, 0.717) is 16.9 Å². The Morgan fingerprint density at radius 2 is 1.76 bits per heavy atom. The molecular weight excluding hydrogens is 477 g/mol. The van der Waals surface area contributed by atoms with Crippen LogP contribution in [0.2, 0.25) is 0 Å². The number of ether oxygens (including phenoxy) is 1. The summed E-state index contributed by atoms with van der Waals surface area (Å²) in [6.07, 6.45) is 4.37. The highest BCUT2D eigenvalue weighted by atomic mass is 19.1. The van der Waals surface area contributed by atoms with E-state index in [1.54, 1.807) is 19.4 Å². The summed E-state index contributed by atoms with van der Waals surface area (Å²) in [5, 5.41) is 3.47. The van der Waals surface area contributed by atoms with Gasteiger partial charge in [-0.25, -0.2) is 14.4 Å². The lowest BCUT2D eigenvalue weighted by Crippen LogP contribution is -2.44. The molecular formula is C31H26FN5O. The number of halogens is 1. The van der Waals surface area contributed by atoms with Crippen LogP contribution in [0.5, 0.6) is 5.75 Å². The molecule has 1 fully saturated rings. The molecule has 0 spiro atoms. The summed E-state index contributed by atoms with van der Waals surface area (Å²) in [6.45, 7) is 0. The Morgan fingerprint density at radius 3 is 2.50 bits per heavy atom. The van der Waals surface area contributed by atoms with Crippen LogP contribution in [0.3, 0.4) is 0 Å². The molecule has 0 atom stereocenters. The zero-order valence-corrected chi connectivity index (χ0v) is 20.9. The van der Waals surface area contributed by atoms with Gasteiger partial charge in [0, 0.05) is 34.0 Å². The summed E-state index contributed by atoms with van der Waals surface area (Å²) in [5.74, 6) is 1.91. The van der Waals surface area contributed by atoms with Crippen molar-refractivity contribution < 1.29 is 9.13 Å². The molecule has 7 rings (SSSR count). The van der Waals surface area contributed by atoms with E-state index in [1.807, 2.05) is 72.8 Å². The van der Waals surface area contributed by atoms with Crippen molar-refractivity contribution in [2.24, 2.45) is 5.73 Å². The number of hydrogen-bond donors (Lipinski definition) is 2. The Labute approximate surface area is 220 Å². The first-order valence-corrected chi connectivity index (χ1v) is 12.7. The van der Waals surface area contributed by atoms with E-state index < -0.39 is 5.54 Å². The van der Waals surface area contributed by atoms with Gasteiger partial charge in [0.1, 0.15) is 17.4 Å². The van der Waals surface area contributed by atoms with E-state index in [2.05, 4.69) is 14.9 Å². The van der Waals surface area contributed by atoms with Crippen LogP contribution in [0.15, 0.2) is 85.1 Å². The van der Waals surface area contributed by atoms with Crippen LogP contribution in [-0.4, -0.2) is 21.6 Å². The van der Waals surface area contributed by atoms with Gasteiger partial charge < -0.3 is 15.8 Å². The van der Waals surface area contributed by atoms with Crippen LogP contribution in [0, 0.1) is 5.82 Å². The Morgan fingerprint density at radius 1 is 0.974 bits per heavy atom. The lowest BCUT2D eigenvalue weighted by molar-refractivity contribution is 0.245. The van der Waals surface area contributed by atoms with E-state index >= 15 is 4.39 Å². The smallest absolute Gasteiger partial charge is 0.154 e. The second-order valence-corrected chi connectivity index (χ2v) is 9.94. The first-order chi connectivity index (χ1) is 18.6. The Kier molecular flexibility index (Phi) is 5.09. The summed E-state index contributed by atoms with van der Waals surface area (Å²) >= 11 is 0. The van der Waals surface area contributed by atoms with Crippen LogP contribution >= 0.6 is 0 Å². The van der Waals surface area contributed by atoms with E-state index in [0.717, 1.165) is 64.7 Å². The number of methoxy groups -OCH3 is 1. The number of anilines is 2. The van der Waals surface area contributed by atoms with Crippen LogP contribution in [0.4, 0.5) is 15.9 Å². The van der Waals surface area contributed by atoms with Crippen molar-refractivity contribution >= 4 is 11.5 Å². The van der Waals surface area contributed by atoms with Crippen molar-refractivity contribution in [1.82, 2.24) is 14.5 Å². The second-order valence-electron chi connectivity index (χ2n) is 9.94. The predicted octanol–water partition coefficient (Wildman–Crippen LogP) is 6.81. The molecule has 1 aliphatic carbocycles. The molecule has 38 heavy (non-hydrogen) atoms. The Hall–Kier alpha value is -4.49. The lowest BCUT2D eigenvalue weighted by atomic mass is 9.72. The SMILES string of the molecule is COc1ccc(-c2nc3n(c2-c2ccc(C4(N)CCC4)c(F)c2)-c2cccnc2Nc2ccccc2-3)cc1. The summed E-state index contributed by atoms with van der Waals surface area (Å²) in [6, 6.07) is 25.1. The molecule has 3 heterocycles. The molecule has 5 aromatic rings. The summed E-state index contributed by atoms with van der Waals surface area (Å²) in [7, 11) is 1.64. The first kappa shape index (κ1) is 22.7. The van der Waals surface area contributed by atoms with E-state index in [1.165, 1.54) is 0 Å². The zero-order valence-electron chi connectivity index (χ0n) is 20.9. The van der Waals surface area contributed by atoms with Crippen molar-refractivity contribution in [1.29, 1.82) is 0 Å². The fourth-order valence-corrected chi connectivity index (χ4v) is 5.53. The number of nitrogens with two attached hydrogens (primary N) is 1. The molecule has 3 N–H and O–H groups in total. The van der Waals surface area contributed by atoms with Crippen molar-refractivity contribution in [2.75, 3.05) is 12.4 Å². The number of benzene rings is 3. The first-order valence-electron chi connectivity index (χ1n) is 12.7. The number of fused-ring (bicyclic) bond motifs is 5. The number of imidazole rings is 1. The van der Waals surface area contributed by atoms with Gasteiger partial charge in [0.25, 0.3) is 0 Å². The number of rotatable bonds is 4. The van der Waals surface area contributed by atoms with Gasteiger partial charge >= 0.3 is 0 Å². The highest BCUT2D eigenvalue weighted by Gasteiger charge is 2.37. The molecule has 0 radical (unpaired) electrons. The van der Waals surface area contributed by atoms with Gasteiger partial charge in [0.15, 0.2) is 5.82 Å². The van der Waals surface area contributed by atoms with Gasteiger partial charge in [0.05, 0.1) is 29.9 Å². The van der Waals surface area contributed by atoms with Crippen molar-refractivity contribution in [2.45, 2.75) is 24.8 Å². The van der Waals surface area contributed by atoms with E-state index in [9.17, 15) is 0 Å². The number of para-hydroxylation sites is 1. The molecule has 2 aromatic heterocycles. The molecule has 6 nitrogen and oxygen atoms in total. The second kappa shape index (κ2) is 8.53. The summed E-state index contributed by atoms with van der Waals surface area (Å²) in [4.78, 5) is 9.82. The van der Waals surface area contributed by atoms with E-state index in [-0.39, 0.29) is 5.82 Å². The van der Waals surface area contributed by atoms with Crippen molar-refractivity contribution in [3.63, 3.8) is 0 Å². The maximum absolute atomic E-state index is 15.7. The molecule has 1 saturated carbocycles. The molecule has 188 valence electrons. The molecule has 3 aromatic carbocycles. The third-order valence-electron chi connectivity index (χ3n) is 7.71. The number of pyridine rings is 1. The monoisotopic (exact) mass is 503 g/mol. The summed E-state index contributed by atoms with van der Waals surface area (Å²) < 4.78 is 23.2. The van der Waals surface area contributed by atoms with Crippen LogP contribution < -0.4 is 15.8 Å². The largest absolute Gasteiger partial charge is 0.497 e. The fraction of sp³-hybridized carbons (Fsp3) is 0.161. The normalized spacial score (nSPS) is 14.8. The predicted molar refractivity (Wildman–Crippen MR) is 147 cm³/mol. The zero-order chi connectivity index (χ0) is 25.9. The number of hydrogen-bond acceptors (Lipinski definition) is 5. The number of nitrogens with zero attached hydrogens (tertiary/aromatic N) is 3. The standard InChI is InChI=1S/C31H26FN5O/c1-38-21-12-9-19(10-13-21)27-28(20-11-14-23(24(32)18-20)31(33)15-5-16-31)37-26-8-4-17-34-29(26)35-25-7-3-2-6-22(25)30(37)36-27/h2-4,6-14,17-18H,5,15-16,33H2,1H3,(H,34,35). The van der Waals surface area contributed by atoms with Gasteiger partial charge in [-0.1, -0.05) is 24.3 Å². The fourth-order valence-electron chi connectivity index (χ4n) is 5.53. The average molecular weight is 504 g/mol. The van der Waals surface area contributed by atoms with Crippen molar-refractivity contribution in [3.8, 4) is 45.3 Å². The molecule has 0 amide bonds. The Bertz CT molecular complexity index is 1690. The van der Waals surface area contributed by atoms with E-state index in [4.69, 9.17) is 15.5 Å². The molecule has 7 heteroatoms. The Balaban J connectivity index is 1.54. The van der Waals surface area contributed by atoms with Gasteiger partial charge in [-0.05, 0) is 73.9 Å². The minimum absolute atomic E-state index is 0.292. The lowest BCUT2D eigenvalue weighted by Gasteiger charge is -2.38. The quantitative estimate of drug-likeness (QED) is 0.276. The van der Waals surface area contributed by atoms with Gasteiger partial charge in [-0.3, -0.25) is 4.57 Å². The maximum atomic E-state index is 15.7. The molecule has 1 aliphatic heterocycles. The maximum Gasteiger partial charge on any atom is 0.154 e. The summed E-state index contributed by atoms with van der Waals surface area (Å²) in [5.41, 5.74) is 12.3. The van der Waals surface area contributed by atoms with Gasteiger partial charge in [0.2, 0.25) is 0 Å². The van der Waals surface area contributed by atoms with Crippen LogP contribution in [-0.2, 0) is 5.54 Å². The molecule has 0 bridgehead atoms. The molecule has 2 aliphatic rings. The van der Waals surface area contributed by atoms with Gasteiger partial charge in [-0.15, -0.1) is 0 Å². The highest BCUT2D eigenvalue weighted by molar-refractivity contribution is 5.90.